The summed E-state index contributed by atoms with van der Waals surface area (Å²) in [6.45, 7) is 1.70. The van der Waals surface area contributed by atoms with E-state index in [1.807, 2.05) is 0 Å². The summed E-state index contributed by atoms with van der Waals surface area (Å²) >= 11 is 0. The highest BCUT2D eigenvalue weighted by atomic mass is 19.1. The van der Waals surface area contributed by atoms with Gasteiger partial charge in [-0.05, 0) is 18.1 Å². The number of benzene rings is 1. The maximum atomic E-state index is 13.3. The summed E-state index contributed by atoms with van der Waals surface area (Å²) in [5, 5.41) is 10.5. The van der Waals surface area contributed by atoms with Crippen molar-refractivity contribution < 1.29 is 23.6 Å². The van der Waals surface area contributed by atoms with Gasteiger partial charge in [-0.15, -0.1) is 0 Å². The van der Waals surface area contributed by atoms with Crippen molar-refractivity contribution in [2.45, 2.75) is 13.3 Å². The summed E-state index contributed by atoms with van der Waals surface area (Å²) in [6.07, 6.45) is -0.651. The Morgan fingerprint density at radius 3 is 2.65 bits per heavy atom. The van der Waals surface area contributed by atoms with Crippen LogP contribution in [0.1, 0.15) is 12.5 Å². The Hall–Kier alpha value is -2.18. The summed E-state index contributed by atoms with van der Waals surface area (Å²) in [7, 11) is 1.10. The molecule has 0 fully saturated rings. The van der Waals surface area contributed by atoms with Crippen LogP contribution in [0.25, 0.3) is 0 Å². The quantitative estimate of drug-likeness (QED) is 0.352. The molecule has 0 aromatic heterocycles. The van der Waals surface area contributed by atoms with Crippen molar-refractivity contribution in [3.8, 4) is 5.75 Å². The molecule has 0 saturated carbocycles. The number of carbonyl (C=O) groups excluding carboxylic acids is 1. The minimum absolute atomic E-state index is 0.0764. The highest BCUT2D eigenvalue weighted by molar-refractivity contribution is 5.65. The number of nitrogens with zero attached hydrogens (tertiary/aromatic N) is 1. The van der Waals surface area contributed by atoms with Gasteiger partial charge in [-0.25, -0.2) is 4.79 Å². The third kappa shape index (κ3) is 2.90. The van der Waals surface area contributed by atoms with Gasteiger partial charge in [-0.1, -0.05) is 6.92 Å². The average molecular weight is 243 g/mol. The van der Waals surface area contributed by atoms with Crippen LogP contribution >= 0.6 is 0 Å². The molecule has 0 bridgehead atoms. The molecule has 0 spiro atoms. The maximum Gasteiger partial charge on any atom is 0.513 e. The van der Waals surface area contributed by atoms with Gasteiger partial charge < -0.3 is 9.47 Å². The minimum Gasteiger partial charge on any atom is -0.437 e. The SMILES string of the molecule is CCc1cc(F)c([N+](=O)[O-])cc1OC(=O)OC. The van der Waals surface area contributed by atoms with Crippen LogP contribution in [0.3, 0.4) is 0 Å². The largest absolute Gasteiger partial charge is 0.513 e. The van der Waals surface area contributed by atoms with Crippen molar-refractivity contribution in [3.05, 3.63) is 33.6 Å². The van der Waals surface area contributed by atoms with Gasteiger partial charge in [0.15, 0.2) is 0 Å². The number of carbonyl (C=O) groups is 1. The molecule has 0 amide bonds. The molecule has 0 aliphatic carbocycles. The van der Waals surface area contributed by atoms with Gasteiger partial charge in [0.05, 0.1) is 18.1 Å². The summed E-state index contributed by atoms with van der Waals surface area (Å²) < 4.78 is 22.2. The molecule has 0 aliphatic rings. The first kappa shape index (κ1) is 12.9. The summed E-state index contributed by atoms with van der Waals surface area (Å²) in [6, 6.07) is 1.83. The van der Waals surface area contributed by atoms with Gasteiger partial charge in [0.1, 0.15) is 5.75 Å². The van der Waals surface area contributed by atoms with Gasteiger partial charge >= 0.3 is 11.8 Å². The van der Waals surface area contributed by atoms with Crippen molar-refractivity contribution in [1.29, 1.82) is 0 Å². The molecular formula is C10H10FNO5. The minimum atomic E-state index is -1.01. The molecule has 0 aliphatic heterocycles. The van der Waals surface area contributed by atoms with Crippen LogP contribution in [-0.2, 0) is 11.2 Å². The van der Waals surface area contributed by atoms with Crippen LogP contribution in [0.2, 0.25) is 0 Å². The molecule has 7 heteroatoms. The van der Waals surface area contributed by atoms with Gasteiger partial charge in [-0.3, -0.25) is 10.1 Å². The second kappa shape index (κ2) is 5.24. The summed E-state index contributed by atoms with van der Waals surface area (Å²) in [5.74, 6) is -1.04. The second-order valence-corrected chi connectivity index (χ2v) is 3.08. The third-order valence-corrected chi connectivity index (χ3v) is 2.07. The van der Waals surface area contributed by atoms with E-state index in [4.69, 9.17) is 4.74 Å². The number of ether oxygens (including phenoxy) is 2. The number of nitro groups is 1. The van der Waals surface area contributed by atoms with Gasteiger partial charge in [-0.2, -0.15) is 4.39 Å². The predicted octanol–water partition coefficient (Wildman–Crippen LogP) is 2.44. The maximum absolute atomic E-state index is 13.3. The Labute approximate surface area is 96.1 Å². The highest BCUT2D eigenvalue weighted by Gasteiger charge is 2.20. The van der Waals surface area contributed by atoms with Crippen molar-refractivity contribution in [2.24, 2.45) is 0 Å². The van der Waals surface area contributed by atoms with E-state index in [1.54, 1.807) is 6.92 Å². The predicted molar refractivity (Wildman–Crippen MR) is 55.5 cm³/mol. The van der Waals surface area contributed by atoms with Gasteiger partial charge in [0, 0.05) is 0 Å². The summed E-state index contributed by atoms with van der Waals surface area (Å²) in [5.41, 5.74) is -0.403. The Morgan fingerprint density at radius 2 is 2.18 bits per heavy atom. The van der Waals surface area contributed by atoms with E-state index in [-0.39, 0.29) is 5.75 Å². The Balaban J connectivity index is 3.21. The van der Waals surface area contributed by atoms with Crippen molar-refractivity contribution in [3.63, 3.8) is 0 Å². The van der Waals surface area contributed by atoms with Crippen LogP contribution in [0, 0.1) is 15.9 Å². The molecular weight excluding hydrogens is 233 g/mol. The molecule has 1 aromatic carbocycles. The standard InChI is InChI=1S/C10H10FNO5/c1-3-6-4-7(11)8(12(14)15)5-9(6)17-10(13)16-2/h4-5H,3H2,1-2H3. The number of rotatable bonds is 3. The molecule has 0 atom stereocenters. The molecule has 0 radical (unpaired) electrons. The summed E-state index contributed by atoms with van der Waals surface area (Å²) in [4.78, 5) is 20.5. The molecule has 92 valence electrons. The topological polar surface area (TPSA) is 78.7 Å². The molecule has 17 heavy (non-hydrogen) atoms. The molecule has 0 saturated heterocycles. The van der Waals surface area contributed by atoms with Crippen LogP contribution in [0.15, 0.2) is 12.1 Å². The lowest BCUT2D eigenvalue weighted by molar-refractivity contribution is -0.387. The number of nitro benzene ring substituents is 1. The fourth-order valence-corrected chi connectivity index (χ4v) is 1.23. The van der Waals surface area contributed by atoms with E-state index in [0.29, 0.717) is 12.0 Å². The van der Waals surface area contributed by atoms with Crippen LogP contribution < -0.4 is 4.74 Å². The fraction of sp³-hybridized carbons (Fsp3) is 0.300. The van der Waals surface area contributed by atoms with Crippen LogP contribution in [0.5, 0.6) is 5.75 Å². The van der Waals surface area contributed by atoms with Gasteiger partial charge in [0.25, 0.3) is 0 Å². The van der Waals surface area contributed by atoms with E-state index in [9.17, 15) is 19.3 Å². The monoisotopic (exact) mass is 243 g/mol. The zero-order valence-electron chi connectivity index (χ0n) is 9.23. The number of aryl methyl sites for hydroxylation is 1. The Morgan fingerprint density at radius 1 is 1.53 bits per heavy atom. The second-order valence-electron chi connectivity index (χ2n) is 3.08. The van der Waals surface area contributed by atoms with Crippen LogP contribution in [-0.4, -0.2) is 18.2 Å². The Kier molecular flexibility index (Phi) is 3.97. The molecule has 0 N–H and O–H groups in total. The number of hydrogen-bond donors (Lipinski definition) is 0. The molecule has 1 aromatic rings. The van der Waals surface area contributed by atoms with E-state index in [0.717, 1.165) is 19.2 Å². The Bertz CT molecular complexity index is 460. The van der Waals surface area contributed by atoms with E-state index < -0.39 is 22.6 Å². The number of hydrogen-bond acceptors (Lipinski definition) is 5. The van der Waals surface area contributed by atoms with E-state index in [2.05, 4.69) is 4.74 Å². The number of halogens is 1. The molecule has 0 heterocycles. The van der Waals surface area contributed by atoms with Crippen LogP contribution in [0.4, 0.5) is 14.9 Å². The zero-order valence-corrected chi connectivity index (χ0v) is 9.23. The lowest BCUT2D eigenvalue weighted by Gasteiger charge is -2.07. The van der Waals surface area contributed by atoms with Crippen molar-refractivity contribution in [1.82, 2.24) is 0 Å². The third-order valence-electron chi connectivity index (χ3n) is 2.07. The zero-order chi connectivity index (χ0) is 13.0. The number of methoxy groups -OCH3 is 1. The lowest BCUT2D eigenvalue weighted by Crippen LogP contribution is -2.09. The smallest absolute Gasteiger partial charge is 0.437 e. The van der Waals surface area contributed by atoms with E-state index in [1.165, 1.54) is 0 Å². The first-order valence-corrected chi connectivity index (χ1v) is 4.72. The average Bonchev–Trinajstić information content (AvgIpc) is 2.30. The first-order valence-electron chi connectivity index (χ1n) is 4.72. The molecule has 6 nitrogen and oxygen atoms in total. The molecule has 0 unspecified atom stereocenters. The highest BCUT2D eigenvalue weighted by Crippen LogP contribution is 2.28. The van der Waals surface area contributed by atoms with E-state index >= 15 is 0 Å². The molecule has 1 rings (SSSR count). The van der Waals surface area contributed by atoms with Crippen molar-refractivity contribution in [2.75, 3.05) is 7.11 Å². The first-order chi connectivity index (χ1) is 7.99. The van der Waals surface area contributed by atoms with Crippen molar-refractivity contribution >= 4 is 11.8 Å². The lowest BCUT2D eigenvalue weighted by atomic mass is 10.1. The fourth-order valence-electron chi connectivity index (χ4n) is 1.23. The van der Waals surface area contributed by atoms with Gasteiger partial charge in [0.2, 0.25) is 5.82 Å². The normalized spacial score (nSPS) is 9.82.